The Kier molecular flexibility index (Phi) is 4.78. The lowest BCUT2D eigenvalue weighted by molar-refractivity contribution is -0.0712. The van der Waals surface area contributed by atoms with Gasteiger partial charge < -0.3 is 10.1 Å². The summed E-state index contributed by atoms with van der Waals surface area (Å²) < 4.78 is 7.01. The minimum absolute atomic E-state index is 0.0679. The maximum atomic E-state index is 5.88. The number of hydrogen-bond donors (Lipinski definition) is 1. The lowest BCUT2D eigenvalue weighted by Gasteiger charge is -2.39. The summed E-state index contributed by atoms with van der Waals surface area (Å²) >= 11 is 3.45. The van der Waals surface area contributed by atoms with Gasteiger partial charge in [0.2, 0.25) is 0 Å². The van der Waals surface area contributed by atoms with E-state index in [1.54, 1.807) is 0 Å². The Morgan fingerprint density at radius 2 is 2.00 bits per heavy atom. The second-order valence-corrected chi connectivity index (χ2v) is 6.18. The molecule has 4 heteroatoms. The highest BCUT2D eigenvalue weighted by Gasteiger charge is 2.32. The maximum Gasteiger partial charge on any atom is 0.0902 e. The summed E-state index contributed by atoms with van der Waals surface area (Å²) in [5.41, 5.74) is 1.40. The van der Waals surface area contributed by atoms with Gasteiger partial charge in [-0.3, -0.25) is 4.90 Å². The Hall–Kier alpha value is -0.420. The monoisotopic (exact) mass is 312 g/mol. The van der Waals surface area contributed by atoms with E-state index >= 15 is 0 Å². The lowest BCUT2D eigenvalue weighted by atomic mass is 10.0. The standard InChI is InChI=1S/C14H21BrN2O/c1-14(10-16-11-14)18-8-7-17(2)9-12-3-5-13(15)6-4-12/h3-6,16H,7-11H2,1-2H3. The summed E-state index contributed by atoms with van der Waals surface area (Å²) in [6.45, 7) is 6.84. The quantitative estimate of drug-likeness (QED) is 0.872. The molecule has 3 nitrogen and oxygen atoms in total. The van der Waals surface area contributed by atoms with E-state index in [0.717, 1.165) is 37.3 Å². The van der Waals surface area contributed by atoms with Crippen LogP contribution < -0.4 is 5.32 Å². The number of halogens is 1. The molecule has 100 valence electrons. The van der Waals surface area contributed by atoms with E-state index in [9.17, 15) is 0 Å². The average Bonchev–Trinajstić information content (AvgIpc) is 2.30. The van der Waals surface area contributed by atoms with Crippen molar-refractivity contribution in [2.24, 2.45) is 0 Å². The zero-order chi connectivity index (χ0) is 13.0. The fourth-order valence-electron chi connectivity index (χ4n) is 2.01. The first kappa shape index (κ1) is 14.0. The third kappa shape index (κ3) is 4.05. The first-order valence-corrected chi connectivity index (χ1v) is 7.14. The van der Waals surface area contributed by atoms with Crippen LogP contribution in [0.5, 0.6) is 0 Å². The van der Waals surface area contributed by atoms with Gasteiger partial charge in [-0.1, -0.05) is 28.1 Å². The summed E-state index contributed by atoms with van der Waals surface area (Å²) in [6.07, 6.45) is 0. The van der Waals surface area contributed by atoms with Gasteiger partial charge in [0.05, 0.1) is 12.2 Å². The normalized spacial score (nSPS) is 17.8. The molecule has 0 aromatic heterocycles. The van der Waals surface area contributed by atoms with Crippen molar-refractivity contribution in [3.63, 3.8) is 0 Å². The maximum absolute atomic E-state index is 5.88. The van der Waals surface area contributed by atoms with Gasteiger partial charge in [0, 0.05) is 30.7 Å². The molecule has 2 rings (SSSR count). The molecule has 1 saturated heterocycles. The molecular formula is C14H21BrN2O. The molecule has 0 atom stereocenters. The number of hydrogen-bond acceptors (Lipinski definition) is 3. The third-order valence-electron chi connectivity index (χ3n) is 3.29. The summed E-state index contributed by atoms with van der Waals surface area (Å²) in [7, 11) is 2.13. The molecule has 0 bridgehead atoms. The Balaban J connectivity index is 1.68. The summed E-state index contributed by atoms with van der Waals surface area (Å²) in [6, 6.07) is 8.47. The van der Waals surface area contributed by atoms with Crippen LogP contribution in [-0.4, -0.2) is 43.8 Å². The Bertz CT molecular complexity index is 376. The zero-order valence-corrected chi connectivity index (χ0v) is 12.7. The Labute approximate surface area is 118 Å². The fraction of sp³-hybridized carbons (Fsp3) is 0.571. The first-order valence-electron chi connectivity index (χ1n) is 6.35. The van der Waals surface area contributed by atoms with Crippen LogP contribution in [0.1, 0.15) is 12.5 Å². The van der Waals surface area contributed by atoms with Gasteiger partial charge in [-0.2, -0.15) is 0 Å². The van der Waals surface area contributed by atoms with Crippen molar-refractivity contribution in [2.75, 3.05) is 33.3 Å². The van der Waals surface area contributed by atoms with Crippen LogP contribution in [0.3, 0.4) is 0 Å². The summed E-state index contributed by atoms with van der Waals surface area (Å²) in [4.78, 5) is 2.29. The van der Waals surface area contributed by atoms with Crippen molar-refractivity contribution in [1.29, 1.82) is 0 Å². The van der Waals surface area contributed by atoms with Crippen molar-refractivity contribution < 1.29 is 4.74 Å². The molecule has 0 amide bonds. The number of nitrogens with zero attached hydrogens (tertiary/aromatic N) is 1. The number of nitrogens with one attached hydrogen (secondary N) is 1. The Morgan fingerprint density at radius 3 is 2.56 bits per heavy atom. The molecule has 1 aromatic carbocycles. The molecule has 0 radical (unpaired) electrons. The SMILES string of the molecule is CN(CCOC1(C)CNC1)Cc1ccc(Br)cc1. The molecular weight excluding hydrogens is 292 g/mol. The van der Waals surface area contributed by atoms with Gasteiger partial charge in [0.1, 0.15) is 0 Å². The van der Waals surface area contributed by atoms with Crippen molar-refractivity contribution in [2.45, 2.75) is 19.1 Å². The fourth-order valence-corrected chi connectivity index (χ4v) is 2.27. The highest BCUT2D eigenvalue weighted by molar-refractivity contribution is 9.10. The highest BCUT2D eigenvalue weighted by Crippen LogP contribution is 2.15. The second-order valence-electron chi connectivity index (χ2n) is 5.27. The third-order valence-corrected chi connectivity index (χ3v) is 3.82. The molecule has 1 aliphatic rings. The molecule has 1 fully saturated rings. The Morgan fingerprint density at radius 1 is 1.33 bits per heavy atom. The summed E-state index contributed by atoms with van der Waals surface area (Å²) in [5.74, 6) is 0. The van der Waals surface area contributed by atoms with Crippen LogP contribution in [0.2, 0.25) is 0 Å². The van der Waals surface area contributed by atoms with Crippen LogP contribution in [0, 0.1) is 0 Å². The van der Waals surface area contributed by atoms with Gasteiger partial charge in [0.25, 0.3) is 0 Å². The number of ether oxygens (including phenoxy) is 1. The van der Waals surface area contributed by atoms with Gasteiger partial charge in [-0.15, -0.1) is 0 Å². The molecule has 0 spiro atoms. The van der Waals surface area contributed by atoms with E-state index in [-0.39, 0.29) is 5.60 Å². The van der Waals surface area contributed by atoms with E-state index in [1.807, 2.05) is 0 Å². The number of rotatable bonds is 6. The predicted octanol–water partition coefficient (Wildman–Crippen LogP) is 2.26. The van der Waals surface area contributed by atoms with Crippen LogP contribution in [0.25, 0.3) is 0 Å². The molecule has 0 saturated carbocycles. The van der Waals surface area contributed by atoms with Gasteiger partial charge in [-0.05, 0) is 31.7 Å². The van der Waals surface area contributed by atoms with Gasteiger partial charge >= 0.3 is 0 Å². The van der Waals surface area contributed by atoms with E-state index in [0.29, 0.717) is 0 Å². The van der Waals surface area contributed by atoms with Crippen molar-refractivity contribution in [1.82, 2.24) is 10.2 Å². The molecule has 18 heavy (non-hydrogen) atoms. The van der Waals surface area contributed by atoms with Crippen molar-refractivity contribution >= 4 is 15.9 Å². The van der Waals surface area contributed by atoms with E-state index in [1.165, 1.54) is 5.56 Å². The van der Waals surface area contributed by atoms with Crippen LogP contribution in [0.4, 0.5) is 0 Å². The number of likely N-dealkylation sites (N-methyl/N-ethyl adjacent to an activating group) is 1. The molecule has 0 aliphatic carbocycles. The lowest BCUT2D eigenvalue weighted by Crippen LogP contribution is -2.59. The average molecular weight is 313 g/mol. The smallest absolute Gasteiger partial charge is 0.0902 e. The second kappa shape index (κ2) is 6.15. The molecule has 1 aliphatic heterocycles. The largest absolute Gasteiger partial charge is 0.371 e. The van der Waals surface area contributed by atoms with Gasteiger partial charge in [-0.25, -0.2) is 0 Å². The molecule has 0 unspecified atom stereocenters. The van der Waals surface area contributed by atoms with Crippen LogP contribution in [-0.2, 0) is 11.3 Å². The molecule has 1 N–H and O–H groups in total. The highest BCUT2D eigenvalue weighted by atomic mass is 79.9. The molecule has 1 aromatic rings. The van der Waals surface area contributed by atoms with E-state index in [2.05, 4.69) is 64.4 Å². The minimum atomic E-state index is 0.0679. The van der Waals surface area contributed by atoms with Crippen LogP contribution in [0.15, 0.2) is 28.7 Å². The van der Waals surface area contributed by atoms with Crippen molar-refractivity contribution in [3.05, 3.63) is 34.3 Å². The predicted molar refractivity (Wildman–Crippen MR) is 77.7 cm³/mol. The number of benzene rings is 1. The van der Waals surface area contributed by atoms with E-state index in [4.69, 9.17) is 4.74 Å². The van der Waals surface area contributed by atoms with Crippen LogP contribution >= 0.6 is 15.9 Å². The summed E-state index contributed by atoms with van der Waals surface area (Å²) in [5, 5.41) is 3.24. The molecule has 1 heterocycles. The van der Waals surface area contributed by atoms with E-state index < -0.39 is 0 Å². The topological polar surface area (TPSA) is 24.5 Å². The first-order chi connectivity index (χ1) is 8.57. The van der Waals surface area contributed by atoms with Crippen molar-refractivity contribution in [3.8, 4) is 0 Å². The van der Waals surface area contributed by atoms with Gasteiger partial charge in [0.15, 0.2) is 0 Å². The minimum Gasteiger partial charge on any atom is -0.371 e. The zero-order valence-electron chi connectivity index (χ0n) is 11.1.